The number of amides is 1. The van der Waals surface area contributed by atoms with Crippen molar-refractivity contribution in [2.75, 3.05) is 0 Å². The summed E-state index contributed by atoms with van der Waals surface area (Å²) in [5.41, 5.74) is 1.32. The molecule has 21 heavy (non-hydrogen) atoms. The van der Waals surface area contributed by atoms with Crippen molar-refractivity contribution in [3.8, 4) is 0 Å². The lowest BCUT2D eigenvalue weighted by atomic mass is 10.2. The average molecular weight is 285 g/mol. The van der Waals surface area contributed by atoms with Crippen molar-refractivity contribution in [3.05, 3.63) is 65.7 Å². The monoisotopic (exact) mass is 285 g/mol. The van der Waals surface area contributed by atoms with E-state index in [1.54, 1.807) is 36.7 Å². The van der Waals surface area contributed by atoms with Crippen molar-refractivity contribution in [3.63, 3.8) is 0 Å². The molecule has 1 aromatic heterocycles. The van der Waals surface area contributed by atoms with Gasteiger partial charge in [-0.1, -0.05) is 12.1 Å². The number of hydrazone groups is 1. The fourth-order valence-electron chi connectivity index (χ4n) is 2.02. The Bertz CT molecular complexity index is 686. The molecule has 0 saturated heterocycles. The van der Waals surface area contributed by atoms with E-state index in [1.165, 1.54) is 24.1 Å². The van der Waals surface area contributed by atoms with Crippen LogP contribution >= 0.6 is 0 Å². The number of hydrogen-bond donors (Lipinski definition) is 0. The lowest BCUT2D eigenvalue weighted by molar-refractivity contribution is -0.135. The number of pyridine rings is 1. The van der Waals surface area contributed by atoms with Gasteiger partial charge in [0.05, 0.1) is 5.56 Å². The molecule has 1 aliphatic rings. The molecule has 5 nitrogen and oxygen atoms in total. The van der Waals surface area contributed by atoms with E-state index >= 15 is 0 Å². The van der Waals surface area contributed by atoms with Crippen LogP contribution in [0.4, 0.5) is 4.39 Å². The van der Waals surface area contributed by atoms with Crippen LogP contribution in [0.3, 0.4) is 0 Å². The largest absolute Gasteiger partial charge is 0.446 e. The quantitative estimate of drug-likeness (QED) is 0.851. The highest BCUT2D eigenvalue weighted by molar-refractivity contribution is 5.96. The molecule has 0 spiro atoms. The Morgan fingerprint density at radius 2 is 2.05 bits per heavy atom. The summed E-state index contributed by atoms with van der Waals surface area (Å²) in [6.07, 6.45) is 2.54. The van der Waals surface area contributed by atoms with Crippen LogP contribution < -0.4 is 0 Å². The molecule has 2 heterocycles. The van der Waals surface area contributed by atoms with Crippen LogP contribution in [-0.2, 0) is 9.53 Å². The number of nitrogens with zero attached hydrogens (tertiary/aromatic N) is 3. The topological polar surface area (TPSA) is 54.8 Å². The van der Waals surface area contributed by atoms with Gasteiger partial charge in [0.25, 0.3) is 0 Å². The van der Waals surface area contributed by atoms with Gasteiger partial charge in [-0.15, -0.1) is 5.10 Å². The third kappa shape index (κ3) is 2.60. The van der Waals surface area contributed by atoms with E-state index in [1.807, 2.05) is 0 Å². The lowest BCUT2D eigenvalue weighted by Crippen LogP contribution is -2.25. The molecule has 1 unspecified atom stereocenters. The van der Waals surface area contributed by atoms with Gasteiger partial charge in [-0.05, 0) is 24.3 Å². The second-order valence-corrected chi connectivity index (χ2v) is 4.53. The summed E-state index contributed by atoms with van der Waals surface area (Å²) in [7, 11) is 0. The molecule has 3 rings (SSSR count). The zero-order chi connectivity index (χ0) is 14.8. The molecule has 6 heteroatoms. The maximum Gasteiger partial charge on any atom is 0.243 e. The molecule has 0 fully saturated rings. The van der Waals surface area contributed by atoms with E-state index in [2.05, 4.69) is 10.1 Å². The highest BCUT2D eigenvalue weighted by Gasteiger charge is 2.33. The summed E-state index contributed by atoms with van der Waals surface area (Å²) >= 11 is 0. The van der Waals surface area contributed by atoms with Crippen molar-refractivity contribution in [1.82, 2.24) is 9.99 Å². The van der Waals surface area contributed by atoms with Crippen molar-refractivity contribution >= 4 is 11.8 Å². The van der Waals surface area contributed by atoms with Gasteiger partial charge in [-0.25, -0.2) is 4.39 Å². The van der Waals surface area contributed by atoms with Crippen molar-refractivity contribution in [2.45, 2.75) is 13.2 Å². The van der Waals surface area contributed by atoms with Crippen LogP contribution in [0.1, 0.15) is 24.3 Å². The molecule has 106 valence electrons. The third-order valence-corrected chi connectivity index (χ3v) is 3.03. The molecular formula is C15H12FN3O2. The van der Waals surface area contributed by atoms with Gasteiger partial charge in [0.15, 0.2) is 0 Å². The summed E-state index contributed by atoms with van der Waals surface area (Å²) in [5.74, 6) is -0.296. The Labute approximate surface area is 120 Å². The van der Waals surface area contributed by atoms with Crippen molar-refractivity contribution in [2.24, 2.45) is 5.10 Å². The minimum atomic E-state index is -0.696. The van der Waals surface area contributed by atoms with Crippen LogP contribution in [0, 0.1) is 5.82 Å². The van der Waals surface area contributed by atoms with Crippen LogP contribution in [0.5, 0.6) is 0 Å². The fourth-order valence-corrected chi connectivity index (χ4v) is 2.02. The van der Waals surface area contributed by atoms with Gasteiger partial charge in [-0.2, -0.15) is 5.01 Å². The highest BCUT2D eigenvalue weighted by atomic mass is 19.1. The Morgan fingerprint density at radius 1 is 1.29 bits per heavy atom. The number of ether oxygens (including phenoxy) is 1. The van der Waals surface area contributed by atoms with E-state index in [4.69, 9.17) is 4.74 Å². The first kappa shape index (κ1) is 13.2. The number of aromatic nitrogens is 1. The molecule has 1 amide bonds. The molecule has 1 atom stereocenters. The molecule has 0 N–H and O–H groups in total. The minimum absolute atomic E-state index is 0.261. The van der Waals surface area contributed by atoms with E-state index in [0.29, 0.717) is 17.0 Å². The molecule has 0 saturated carbocycles. The van der Waals surface area contributed by atoms with Crippen LogP contribution in [0.2, 0.25) is 0 Å². The van der Waals surface area contributed by atoms with Gasteiger partial charge in [0, 0.05) is 24.9 Å². The second kappa shape index (κ2) is 5.32. The normalized spacial score (nSPS) is 17.3. The molecule has 2 aromatic rings. The maximum absolute atomic E-state index is 13.0. The summed E-state index contributed by atoms with van der Waals surface area (Å²) in [6, 6.07) is 9.31. The second-order valence-electron chi connectivity index (χ2n) is 4.53. The Balaban J connectivity index is 1.93. The molecule has 0 radical (unpaired) electrons. The predicted octanol–water partition coefficient (Wildman–Crippen LogP) is 2.46. The minimum Gasteiger partial charge on any atom is -0.446 e. The zero-order valence-corrected chi connectivity index (χ0v) is 11.2. The maximum atomic E-state index is 13.0. The summed E-state index contributed by atoms with van der Waals surface area (Å²) in [6.45, 7) is 1.40. The van der Waals surface area contributed by atoms with E-state index in [0.717, 1.165) is 0 Å². The Kier molecular flexibility index (Phi) is 3.35. The van der Waals surface area contributed by atoms with Gasteiger partial charge >= 0.3 is 0 Å². The standard InChI is InChI=1S/C15H12FN3O2/c1-10(20)19-15(11-4-6-13(16)7-5-11)21-14(18-19)12-3-2-8-17-9-12/h2-9,15H,1H3. The first-order chi connectivity index (χ1) is 10.1. The number of carbonyl (C=O) groups is 1. The van der Waals surface area contributed by atoms with Crippen molar-refractivity contribution < 1.29 is 13.9 Å². The number of carbonyl (C=O) groups excluding carboxylic acids is 1. The smallest absolute Gasteiger partial charge is 0.243 e. The molecule has 0 bridgehead atoms. The number of hydrogen-bond acceptors (Lipinski definition) is 4. The number of halogens is 1. The lowest BCUT2D eigenvalue weighted by Gasteiger charge is -2.19. The van der Waals surface area contributed by atoms with Gasteiger partial charge in [-0.3, -0.25) is 9.78 Å². The molecule has 1 aromatic carbocycles. The number of benzene rings is 1. The average Bonchev–Trinajstić information content (AvgIpc) is 2.94. The van der Waals surface area contributed by atoms with E-state index < -0.39 is 6.23 Å². The van der Waals surface area contributed by atoms with Crippen LogP contribution in [0.25, 0.3) is 0 Å². The van der Waals surface area contributed by atoms with Crippen molar-refractivity contribution in [1.29, 1.82) is 0 Å². The summed E-state index contributed by atoms with van der Waals surface area (Å²) < 4.78 is 18.8. The highest BCUT2D eigenvalue weighted by Crippen LogP contribution is 2.30. The van der Waals surface area contributed by atoms with E-state index in [9.17, 15) is 9.18 Å². The Hall–Kier alpha value is -2.76. The molecular weight excluding hydrogens is 273 g/mol. The third-order valence-electron chi connectivity index (χ3n) is 3.03. The molecule has 0 aliphatic carbocycles. The van der Waals surface area contributed by atoms with E-state index in [-0.39, 0.29) is 11.7 Å². The summed E-state index contributed by atoms with van der Waals surface area (Å²) in [5, 5.41) is 5.41. The Morgan fingerprint density at radius 3 is 2.67 bits per heavy atom. The first-order valence-corrected chi connectivity index (χ1v) is 6.36. The SMILES string of the molecule is CC(=O)N1N=C(c2cccnc2)OC1c1ccc(F)cc1. The van der Waals surface area contributed by atoms with Crippen LogP contribution in [0.15, 0.2) is 53.9 Å². The summed E-state index contributed by atoms with van der Waals surface area (Å²) in [4.78, 5) is 15.7. The fraction of sp³-hybridized carbons (Fsp3) is 0.133. The first-order valence-electron chi connectivity index (χ1n) is 6.36. The number of rotatable bonds is 2. The van der Waals surface area contributed by atoms with Crippen LogP contribution in [-0.4, -0.2) is 21.8 Å². The predicted molar refractivity (Wildman–Crippen MR) is 73.5 cm³/mol. The van der Waals surface area contributed by atoms with Gasteiger partial charge < -0.3 is 4.74 Å². The van der Waals surface area contributed by atoms with Gasteiger partial charge in [0.1, 0.15) is 5.82 Å². The zero-order valence-electron chi connectivity index (χ0n) is 11.2. The molecule has 1 aliphatic heterocycles. The van der Waals surface area contributed by atoms with Gasteiger partial charge in [0.2, 0.25) is 18.0 Å².